The molecule has 3 nitrogen and oxygen atoms in total. The van der Waals surface area contributed by atoms with Gasteiger partial charge in [-0.2, -0.15) is 0 Å². The predicted molar refractivity (Wildman–Crippen MR) is 155 cm³/mol. The summed E-state index contributed by atoms with van der Waals surface area (Å²) in [7, 11) is 0. The van der Waals surface area contributed by atoms with E-state index in [1.54, 1.807) is 5.57 Å². The molecule has 9 atom stereocenters. The third kappa shape index (κ3) is 3.80. The first-order valence-corrected chi connectivity index (χ1v) is 15.3. The summed E-state index contributed by atoms with van der Waals surface area (Å²) in [6.45, 7) is 12.2. The van der Waals surface area contributed by atoms with Crippen LogP contribution < -0.4 is 16.2 Å². The number of nitrogen functional groups attached to an aromatic ring is 2. The van der Waals surface area contributed by atoms with Gasteiger partial charge in [-0.3, -0.25) is 0 Å². The van der Waals surface area contributed by atoms with Gasteiger partial charge in [0, 0.05) is 5.69 Å². The molecule has 6 rings (SSSR count). The zero-order valence-corrected chi connectivity index (χ0v) is 24.0. The molecule has 9 unspecified atom stereocenters. The Morgan fingerprint density at radius 3 is 2.65 bits per heavy atom. The molecule has 0 heterocycles. The van der Waals surface area contributed by atoms with E-state index in [1.807, 2.05) is 23.8 Å². The van der Waals surface area contributed by atoms with Crippen LogP contribution in [0.15, 0.2) is 41.0 Å². The first kappa shape index (κ1) is 25.4. The summed E-state index contributed by atoms with van der Waals surface area (Å²) in [6, 6.07) is 5.70. The van der Waals surface area contributed by atoms with E-state index in [9.17, 15) is 0 Å². The van der Waals surface area contributed by atoms with E-state index in [2.05, 4.69) is 40.7 Å². The Hall–Kier alpha value is -1.90. The Morgan fingerprint density at radius 1 is 1.08 bits per heavy atom. The first-order chi connectivity index (χ1) is 17.6. The summed E-state index contributed by atoms with van der Waals surface area (Å²) in [4.78, 5) is 0. The third-order valence-electron chi connectivity index (χ3n) is 12.4. The number of hydrogen-bond acceptors (Lipinski definition) is 3. The van der Waals surface area contributed by atoms with Crippen molar-refractivity contribution in [1.82, 2.24) is 0 Å². The first-order valence-electron chi connectivity index (χ1n) is 15.3. The molecule has 0 saturated heterocycles. The lowest BCUT2D eigenvalue weighted by atomic mass is 9.30. The second-order valence-electron chi connectivity index (χ2n) is 14.2. The Balaban J connectivity index is 1.20. The van der Waals surface area contributed by atoms with Gasteiger partial charge >= 0.3 is 0 Å². The van der Waals surface area contributed by atoms with E-state index in [4.69, 9.17) is 16.2 Å². The molecule has 0 bridgehead atoms. The quantitative estimate of drug-likeness (QED) is 0.313. The molecule has 0 amide bonds. The van der Waals surface area contributed by atoms with Crippen LogP contribution in [-0.2, 0) is 0 Å². The highest BCUT2D eigenvalue weighted by molar-refractivity contribution is 5.60. The fraction of sp³-hybridized carbons (Fsp3) is 0.706. The molecule has 37 heavy (non-hydrogen) atoms. The minimum atomic E-state index is 0.294. The Kier molecular flexibility index (Phi) is 6.24. The van der Waals surface area contributed by atoms with Crippen LogP contribution in [0.5, 0.6) is 5.75 Å². The van der Waals surface area contributed by atoms with Crippen molar-refractivity contribution in [3.63, 3.8) is 0 Å². The Bertz CT molecular complexity index is 1110. The molecule has 5 aliphatic rings. The number of allylic oxidation sites excluding steroid dienone is 4. The average molecular weight is 503 g/mol. The van der Waals surface area contributed by atoms with Crippen molar-refractivity contribution < 1.29 is 4.74 Å². The second-order valence-corrected chi connectivity index (χ2v) is 14.2. The zero-order valence-electron chi connectivity index (χ0n) is 24.0. The molecule has 4 N–H and O–H groups in total. The van der Waals surface area contributed by atoms with E-state index in [0.717, 1.165) is 41.3 Å². The zero-order chi connectivity index (χ0) is 26.1. The summed E-state index contributed by atoms with van der Waals surface area (Å²) in [5.74, 6) is 6.26. The summed E-state index contributed by atoms with van der Waals surface area (Å²) < 4.78 is 6.51. The largest absolute Gasteiger partial charge is 0.488 e. The number of fused-ring (bicyclic) bond motifs is 2. The van der Waals surface area contributed by atoms with Crippen LogP contribution in [0.25, 0.3) is 0 Å². The van der Waals surface area contributed by atoms with Crippen LogP contribution in [0.1, 0.15) is 98.8 Å². The van der Waals surface area contributed by atoms with Crippen LogP contribution in [0, 0.1) is 46.3 Å². The monoisotopic (exact) mass is 502 g/mol. The smallest absolute Gasteiger partial charge is 0.142 e. The molecule has 1 spiro atoms. The van der Waals surface area contributed by atoms with Gasteiger partial charge < -0.3 is 16.2 Å². The second kappa shape index (κ2) is 9.09. The van der Waals surface area contributed by atoms with Crippen LogP contribution in [0.4, 0.5) is 11.4 Å². The molecule has 202 valence electrons. The van der Waals surface area contributed by atoms with Gasteiger partial charge in [0.05, 0.1) is 11.8 Å². The van der Waals surface area contributed by atoms with Gasteiger partial charge in [-0.15, -0.1) is 0 Å². The molecule has 1 aromatic carbocycles. The van der Waals surface area contributed by atoms with Gasteiger partial charge in [-0.1, -0.05) is 36.6 Å². The van der Waals surface area contributed by atoms with Crippen molar-refractivity contribution in [3.8, 4) is 5.75 Å². The Morgan fingerprint density at radius 2 is 1.89 bits per heavy atom. The molecular formula is C34H50N2O. The lowest BCUT2D eigenvalue weighted by molar-refractivity contribution is -0.269. The van der Waals surface area contributed by atoms with Crippen molar-refractivity contribution in [3.05, 3.63) is 41.0 Å². The minimum Gasteiger partial charge on any atom is -0.488 e. The number of rotatable bonds is 5. The van der Waals surface area contributed by atoms with E-state index in [1.165, 1.54) is 69.8 Å². The van der Waals surface area contributed by atoms with Gasteiger partial charge in [0.1, 0.15) is 5.75 Å². The molecule has 0 aliphatic heterocycles. The number of ether oxygens (including phenoxy) is 1. The molecule has 5 aliphatic carbocycles. The minimum absolute atomic E-state index is 0.294. The summed E-state index contributed by atoms with van der Waals surface area (Å²) in [5, 5.41) is 0. The molecule has 1 aromatic rings. The lowest BCUT2D eigenvalue weighted by Crippen LogP contribution is -2.70. The predicted octanol–water partition coefficient (Wildman–Crippen LogP) is 8.56. The normalized spacial score (nSPS) is 43.1. The van der Waals surface area contributed by atoms with Crippen molar-refractivity contribution in [2.75, 3.05) is 11.5 Å². The summed E-state index contributed by atoms with van der Waals surface area (Å²) in [6.07, 6.45) is 16.0. The van der Waals surface area contributed by atoms with Gasteiger partial charge in [0.2, 0.25) is 0 Å². The maximum absolute atomic E-state index is 6.51. The van der Waals surface area contributed by atoms with Crippen LogP contribution in [-0.4, -0.2) is 6.10 Å². The van der Waals surface area contributed by atoms with Crippen LogP contribution >= 0.6 is 0 Å². The number of anilines is 2. The van der Waals surface area contributed by atoms with Crippen LogP contribution in [0.3, 0.4) is 0 Å². The fourth-order valence-corrected chi connectivity index (χ4v) is 11.0. The number of nitrogens with two attached hydrogens (primary N) is 2. The van der Waals surface area contributed by atoms with Crippen molar-refractivity contribution in [2.45, 2.75) is 105 Å². The van der Waals surface area contributed by atoms with Crippen molar-refractivity contribution >= 4 is 11.4 Å². The van der Waals surface area contributed by atoms with Gasteiger partial charge in [0.25, 0.3) is 0 Å². The molecule has 0 aromatic heterocycles. The molecule has 5 fully saturated rings. The van der Waals surface area contributed by atoms with E-state index in [0.29, 0.717) is 28.3 Å². The highest BCUT2D eigenvalue weighted by Crippen LogP contribution is 2.78. The van der Waals surface area contributed by atoms with Crippen LogP contribution in [0.2, 0.25) is 0 Å². The van der Waals surface area contributed by atoms with Crippen molar-refractivity contribution in [1.29, 1.82) is 0 Å². The van der Waals surface area contributed by atoms with E-state index in [-0.39, 0.29) is 0 Å². The lowest BCUT2D eigenvalue weighted by Gasteiger charge is -2.75. The number of benzene rings is 1. The standard InChI is InChI=1S/C34H50N2O/c1-20(2)7-6-8-21(3)28-12-13-29-26-11-9-23-17-25(37-31-14-10-24(35)18-30(31)36)15-16-34(23)22(4)27(32(26)34)19-33(28,29)5/h7,10,14,18,22-23,25-27,29,32H,6,8-9,11-13,15-17,19,35-36H2,1-5H3/b28-21+. The molecule has 3 heteroatoms. The van der Waals surface area contributed by atoms with E-state index < -0.39 is 0 Å². The maximum atomic E-state index is 6.51. The summed E-state index contributed by atoms with van der Waals surface area (Å²) >= 11 is 0. The molecular weight excluding hydrogens is 452 g/mol. The average Bonchev–Trinajstić information content (AvgIpc) is 3.21. The van der Waals surface area contributed by atoms with Gasteiger partial charge in [0.15, 0.2) is 0 Å². The van der Waals surface area contributed by atoms with Crippen molar-refractivity contribution in [2.24, 2.45) is 46.3 Å². The SMILES string of the molecule is CC(C)=CCC/C(C)=C1\CCC2C3CCC4CC(Oc5ccc(N)cc5N)CCC45C(C)C(CC12C)C35. The fourth-order valence-electron chi connectivity index (χ4n) is 11.0. The highest BCUT2D eigenvalue weighted by atomic mass is 16.5. The Labute approximate surface area is 225 Å². The molecule has 5 saturated carbocycles. The number of hydrogen-bond donors (Lipinski definition) is 2. The van der Waals surface area contributed by atoms with Gasteiger partial charge in [-0.25, -0.2) is 0 Å². The maximum Gasteiger partial charge on any atom is 0.142 e. The summed E-state index contributed by atoms with van der Waals surface area (Å²) in [5.41, 5.74) is 19.6. The van der Waals surface area contributed by atoms with Gasteiger partial charge in [-0.05, 0) is 150 Å². The molecule has 0 radical (unpaired) electrons. The third-order valence-corrected chi connectivity index (χ3v) is 12.4. The van der Waals surface area contributed by atoms with E-state index >= 15 is 0 Å². The highest BCUT2D eigenvalue weighted by Gasteiger charge is 2.72. The topological polar surface area (TPSA) is 61.3 Å².